The van der Waals surface area contributed by atoms with Crippen molar-refractivity contribution in [2.24, 2.45) is 0 Å². The summed E-state index contributed by atoms with van der Waals surface area (Å²) in [7, 11) is 0. The zero-order valence-corrected chi connectivity index (χ0v) is 7.45. The molecule has 0 unspecified atom stereocenters. The van der Waals surface area contributed by atoms with Crippen LogP contribution in [-0.4, -0.2) is 4.98 Å². The predicted octanol–water partition coefficient (Wildman–Crippen LogP) is 2.58. The summed E-state index contributed by atoms with van der Waals surface area (Å²) >= 11 is 5.94. The fourth-order valence-electron chi connectivity index (χ4n) is 1.07. The van der Waals surface area contributed by atoms with E-state index in [1.165, 1.54) is 0 Å². The predicted molar refractivity (Wildman–Crippen MR) is 51.4 cm³/mol. The first-order valence-corrected chi connectivity index (χ1v) is 4.11. The summed E-state index contributed by atoms with van der Waals surface area (Å²) in [4.78, 5) is 3.79. The lowest BCUT2D eigenvalue weighted by molar-refractivity contribution is 0.595. The van der Waals surface area contributed by atoms with Gasteiger partial charge < -0.3 is 10.2 Å². The number of hydrogen-bond acceptors (Lipinski definition) is 3. The number of nitrogens with zero attached hydrogens (tertiary/aromatic N) is 1. The Morgan fingerprint density at radius 1 is 1.31 bits per heavy atom. The molecule has 0 aliphatic carbocycles. The summed E-state index contributed by atoms with van der Waals surface area (Å²) in [6.07, 6.45) is 1.55. The summed E-state index contributed by atoms with van der Waals surface area (Å²) in [6.45, 7) is 0. The minimum Gasteiger partial charge on any atom is -0.424 e. The minimum atomic E-state index is 0.148. The monoisotopic (exact) mass is 194 g/mol. The number of halogens is 1. The number of aromatic nitrogens is 1. The van der Waals surface area contributed by atoms with Gasteiger partial charge in [0.05, 0.1) is 11.2 Å². The fraction of sp³-hybridized carbons (Fsp3) is 0. The molecule has 13 heavy (non-hydrogen) atoms. The Kier molecular flexibility index (Phi) is 1.94. The van der Waals surface area contributed by atoms with Crippen LogP contribution in [0, 0.1) is 0 Å². The van der Waals surface area contributed by atoms with Crippen molar-refractivity contribution in [2.45, 2.75) is 0 Å². The Balaban J connectivity index is 2.52. The number of oxazole rings is 1. The van der Waals surface area contributed by atoms with Crippen LogP contribution in [0.3, 0.4) is 0 Å². The van der Waals surface area contributed by atoms with Gasteiger partial charge in [-0.25, -0.2) is 4.98 Å². The third-order valence-electron chi connectivity index (χ3n) is 1.66. The average molecular weight is 195 g/mol. The largest absolute Gasteiger partial charge is 0.424 e. The Labute approximate surface area is 80.1 Å². The first kappa shape index (κ1) is 8.13. The standard InChI is InChI=1S/C9H7ClN2O/c10-7-4-2-1-3-6(7)8-5-12-9(11)13-8/h1-5H,(H2,11,12). The number of benzene rings is 1. The molecular weight excluding hydrogens is 188 g/mol. The first-order chi connectivity index (χ1) is 6.27. The van der Waals surface area contributed by atoms with Crippen LogP contribution in [0.1, 0.15) is 0 Å². The molecule has 0 spiro atoms. The van der Waals surface area contributed by atoms with E-state index in [1.54, 1.807) is 12.3 Å². The number of rotatable bonds is 1. The molecular formula is C9H7ClN2O. The maximum atomic E-state index is 5.94. The lowest BCUT2D eigenvalue weighted by atomic mass is 10.2. The van der Waals surface area contributed by atoms with E-state index in [2.05, 4.69) is 4.98 Å². The molecule has 1 aromatic carbocycles. The lowest BCUT2D eigenvalue weighted by Crippen LogP contribution is -1.80. The van der Waals surface area contributed by atoms with E-state index >= 15 is 0 Å². The average Bonchev–Trinajstić information content (AvgIpc) is 2.53. The van der Waals surface area contributed by atoms with E-state index in [4.69, 9.17) is 21.8 Å². The van der Waals surface area contributed by atoms with Crippen molar-refractivity contribution in [2.75, 3.05) is 5.73 Å². The smallest absolute Gasteiger partial charge is 0.292 e. The minimum absolute atomic E-state index is 0.148. The third kappa shape index (κ3) is 1.51. The van der Waals surface area contributed by atoms with E-state index in [0.29, 0.717) is 10.8 Å². The molecule has 2 N–H and O–H groups in total. The van der Waals surface area contributed by atoms with Crippen LogP contribution in [-0.2, 0) is 0 Å². The number of nitrogens with two attached hydrogens (primary N) is 1. The van der Waals surface area contributed by atoms with Crippen molar-refractivity contribution < 1.29 is 4.42 Å². The summed E-state index contributed by atoms with van der Waals surface area (Å²) in [5, 5.41) is 0.624. The van der Waals surface area contributed by atoms with Gasteiger partial charge in [-0.05, 0) is 12.1 Å². The summed E-state index contributed by atoms with van der Waals surface area (Å²) in [5.41, 5.74) is 6.14. The molecule has 2 aromatic rings. The van der Waals surface area contributed by atoms with Gasteiger partial charge in [0.1, 0.15) is 0 Å². The van der Waals surface area contributed by atoms with E-state index < -0.39 is 0 Å². The second kappa shape index (κ2) is 3.11. The van der Waals surface area contributed by atoms with Crippen LogP contribution in [0.25, 0.3) is 11.3 Å². The van der Waals surface area contributed by atoms with Gasteiger partial charge in [0.2, 0.25) is 0 Å². The molecule has 0 atom stereocenters. The van der Waals surface area contributed by atoms with Crippen molar-refractivity contribution in [1.82, 2.24) is 4.98 Å². The molecule has 0 aliphatic heterocycles. The van der Waals surface area contributed by atoms with Crippen LogP contribution < -0.4 is 5.73 Å². The van der Waals surface area contributed by atoms with Crippen molar-refractivity contribution in [1.29, 1.82) is 0 Å². The second-order valence-corrected chi connectivity index (χ2v) is 2.95. The fourth-order valence-corrected chi connectivity index (χ4v) is 1.30. The van der Waals surface area contributed by atoms with Crippen LogP contribution in [0.5, 0.6) is 0 Å². The molecule has 0 radical (unpaired) electrons. The quantitative estimate of drug-likeness (QED) is 0.759. The highest BCUT2D eigenvalue weighted by Gasteiger charge is 2.06. The van der Waals surface area contributed by atoms with Crippen molar-refractivity contribution in [3.05, 3.63) is 35.5 Å². The Bertz CT molecular complexity index is 425. The topological polar surface area (TPSA) is 52.0 Å². The molecule has 1 heterocycles. The van der Waals surface area contributed by atoms with E-state index in [1.807, 2.05) is 18.2 Å². The summed E-state index contributed by atoms with van der Waals surface area (Å²) in [5.74, 6) is 0.586. The van der Waals surface area contributed by atoms with Crippen LogP contribution >= 0.6 is 11.6 Å². The normalized spacial score (nSPS) is 10.2. The molecule has 0 fully saturated rings. The Morgan fingerprint density at radius 2 is 2.08 bits per heavy atom. The van der Waals surface area contributed by atoms with Crippen LogP contribution in [0.15, 0.2) is 34.9 Å². The van der Waals surface area contributed by atoms with E-state index in [0.717, 1.165) is 5.56 Å². The molecule has 0 amide bonds. The molecule has 0 saturated carbocycles. The number of anilines is 1. The molecule has 4 heteroatoms. The molecule has 0 bridgehead atoms. The molecule has 2 rings (SSSR count). The van der Waals surface area contributed by atoms with Gasteiger partial charge >= 0.3 is 0 Å². The zero-order valence-electron chi connectivity index (χ0n) is 6.70. The van der Waals surface area contributed by atoms with Crippen LogP contribution in [0.2, 0.25) is 5.02 Å². The molecule has 1 aromatic heterocycles. The molecule has 3 nitrogen and oxygen atoms in total. The summed E-state index contributed by atoms with van der Waals surface area (Å²) < 4.78 is 5.13. The lowest BCUT2D eigenvalue weighted by Gasteiger charge is -1.97. The molecule has 66 valence electrons. The number of nitrogen functional groups attached to an aromatic ring is 1. The third-order valence-corrected chi connectivity index (χ3v) is 1.99. The number of hydrogen-bond donors (Lipinski definition) is 1. The van der Waals surface area contributed by atoms with Gasteiger partial charge in [0.15, 0.2) is 5.76 Å². The van der Waals surface area contributed by atoms with Gasteiger partial charge in [0, 0.05) is 5.56 Å². The van der Waals surface area contributed by atoms with Crippen molar-refractivity contribution in [3.63, 3.8) is 0 Å². The zero-order chi connectivity index (χ0) is 9.26. The van der Waals surface area contributed by atoms with E-state index in [9.17, 15) is 0 Å². The summed E-state index contributed by atoms with van der Waals surface area (Å²) in [6, 6.07) is 7.51. The Hall–Kier alpha value is -1.48. The SMILES string of the molecule is Nc1ncc(-c2ccccc2Cl)o1. The van der Waals surface area contributed by atoms with Gasteiger partial charge in [-0.3, -0.25) is 0 Å². The Morgan fingerprint density at radius 3 is 2.69 bits per heavy atom. The van der Waals surface area contributed by atoms with Gasteiger partial charge in [-0.15, -0.1) is 0 Å². The van der Waals surface area contributed by atoms with Gasteiger partial charge in [-0.2, -0.15) is 0 Å². The van der Waals surface area contributed by atoms with Crippen LogP contribution in [0.4, 0.5) is 6.01 Å². The highest BCUT2D eigenvalue weighted by molar-refractivity contribution is 6.33. The van der Waals surface area contributed by atoms with E-state index in [-0.39, 0.29) is 6.01 Å². The molecule has 0 aliphatic rings. The maximum Gasteiger partial charge on any atom is 0.292 e. The van der Waals surface area contributed by atoms with Crippen molar-refractivity contribution in [3.8, 4) is 11.3 Å². The highest BCUT2D eigenvalue weighted by atomic mass is 35.5. The first-order valence-electron chi connectivity index (χ1n) is 3.73. The van der Waals surface area contributed by atoms with Gasteiger partial charge in [-0.1, -0.05) is 23.7 Å². The van der Waals surface area contributed by atoms with Gasteiger partial charge in [0.25, 0.3) is 6.01 Å². The van der Waals surface area contributed by atoms with Crippen molar-refractivity contribution >= 4 is 17.6 Å². The maximum absolute atomic E-state index is 5.94. The second-order valence-electron chi connectivity index (χ2n) is 2.54. The highest BCUT2D eigenvalue weighted by Crippen LogP contribution is 2.28. The molecule has 0 saturated heterocycles.